The summed E-state index contributed by atoms with van der Waals surface area (Å²) in [5, 5.41) is 8.79. The van der Waals surface area contributed by atoms with Gasteiger partial charge in [0, 0.05) is 29.4 Å². The molecule has 3 aromatic rings. The smallest absolute Gasteiger partial charge is 0.411 e. The molecule has 0 saturated heterocycles. The zero-order valence-corrected chi connectivity index (χ0v) is 27.5. The van der Waals surface area contributed by atoms with E-state index in [2.05, 4.69) is 15.3 Å². The van der Waals surface area contributed by atoms with E-state index in [4.69, 9.17) is 37.3 Å². The number of hydrogen-bond donors (Lipinski definition) is 2. The summed E-state index contributed by atoms with van der Waals surface area (Å²) in [4.78, 5) is 37.6. The Labute approximate surface area is 270 Å². The van der Waals surface area contributed by atoms with Crippen LogP contribution in [0.15, 0.2) is 36.8 Å². The minimum absolute atomic E-state index is 0.00112. The number of thiophene rings is 1. The number of fused-ring (bicyclic) bond motifs is 1. The lowest BCUT2D eigenvalue weighted by Gasteiger charge is -2.38. The maximum atomic E-state index is 13.9. The van der Waals surface area contributed by atoms with E-state index in [0.29, 0.717) is 45.0 Å². The van der Waals surface area contributed by atoms with Crippen LogP contribution in [0.4, 0.5) is 10.6 Å². The first-order valence-electron chi connectivity index (χ1n) is 14.0. The second-order valence-corrected chi connectivity index (χ2v) is 15.2. The monoisotopic (exact) mass is 681 g/mol. The van der Waals surface area contributed by atoms with Gasteiger partial charge in [-0.3, -0.25) is 13.9 Å². The Hall–Kier alpha value is -2.81. The molecule has 1 aliphatic carbocycles. The third kappa shape index (κ3) is 7.69. The minimum atomic E-state index is -4.01. The number of nitrogens with one attached hydrogen (secondary N) is 1. The number of ketones is 1. The Kier molecular flexibility index (Phi) is 9.55. The summed E-state index contributed by atoms with van der Waals surface area (Å²) < 4.78 is 33.2. The Morgan fingerprint density at radius 3 is 2.68 bits per heavy atom. The third-order valence-electron chi connectivity index (χ3n) is 7.50. The first-order chi connectivity index (χ1) is 20.7. The molecule has 1 aromatic carbocycles. The molecule has 11 nitrogen and oxygen atoms in total. The number of anilines is 1. The van der Waals surface area contributed by atoms with Crippen LogP contribution in [0.3, 0.4) is 0 Å². The standard InChI is InChI=1S/C29H33Cl2N5O6S2/c1-29(2,3)42-28(38)36-9-8-17-5-6-18(30)11-20(17)24(36)21-12-23(43-26(21)31)25(37)22-13-33-15-34-27(22)35-19-7-4-16(10-19)14-41-44(32,39)40/h5-6,11-13,15-16,19,24H,4,7-10,14H2,1-3H3,(H2,32,39,40)(H,33,34,35)/t16-,19+,24?/m1/s1. The van der Waals surface area contributed by atoms with Crippen molar-refractivity contribution in [3.05, 3.63) is 73.3 Å². The molecule has 3 N–H and O–H groups in total. The molecule has 2 aromatic heterocycles. The normalized spacial score (nSPS) is 20.3. The van der Waals surface area contributed by atoms with Crippen LogP contribution in [0.5, 0.6) is 0 Å². The molecule has 44 heavy (non-hydrogen) atoms. The largest absolute Gasteiger partial charge is 0.444 e. The summed E-state index contributed by atoms with van der Waals surface area (Å²) in [7, 11) is -4.01. The maximum absolute atomic E-state index is 13.9. The molecule has 15 heteroatoms. The Balaban J connectivity index is 1.42. The van der Waals surface area contributed by atoms with Gasteiger partial charge in [-0.1, -0.05) is 29.3 Å². The van der Waals surface area contributed by atoms with Crippen LogP contribution in [0.1, 0.15) is 78.0 Å². The van der Waals surface area contributed by atoms with E-state index in [9.17, 15) is 18.0 Å². The van der Waals surface area contributed by atoms with Crippen LogP contribution in [0, 0.1) is 5.92 Å². The number of nitrogens with two attached hydrogens (primary N) is 1. The fourth-order valence-corrected chi connectivity index (χ4v) is 7.45. The quantitative estimate of drug-likeness (QED) is 0.283. The Morgan fingerprint density at radius 1 is 1.18 bits per heavy atom. The second kappa shape index (κ2) is 12.9. The van der Waals surface area contributed by atoms with Gasteiger partial charge in [-0.2, -0.15) is 8.42 Å². The average Bonchev–Trinajstić information content (AvgIpc) is 3.56. The van der Waals surface area contributed by atoms with Crippen molar-refractivity contribution >= 4 is 62.5 Å². The van der Waals surface area contributed by atoms with E-state index in [0.717, 1.165) is 35.3 Å². The van der Waals surface area contributed by atoms with E-state index in [1.54, 1.807) is 31.7 Å². The number of rotatable bonds is 8. The van der Waals surface area contributed by atoms with Gasteiger partial charge in [-0.25, -0.2) is 19.9 Å². The lowest BCUT2D eigenvalue weighted by atomic mass is 9.89. The maximum Gasteiger partial charge on any atom is 0.411 e. The second-order valence-electron chi connectivity index (χ2n) is 11.9. The number of ether oxygens (including phenoxy) is 1. The number of halogens is 2. The van der Waals surface area contributed by atoms with Gasteiger partial charge in [0.15, 0.2) is 0 Å². The van der Waals surface area contributed by atoms with E-state index in [1.807, 2.05) is 18.2 Å². The molecule has 5 rings (SSSR count). The first-order valence-corrected chi connectivity index (χ1v) is 17.1. The highest BCUT2D eigenvalue weighted by atomic mass is 35.5. The molecule has 0 bridgehead atoms. The van der Waals surface area contributed by atoms with Gasteiger partial charge in [0.1, 0.15) is 17.7 Å². The predicted molar refractivity (Wildman–Crippen MR) is 169 cm³/mol. The average molecular weight is 683 g/mol. The van der Waals surface area contributed by atoms with Crippen molar-refractivity contribution in [3.63, 3.8) is 0 Å². The number of benzene rings is 1. The van der Waals surface area contributed by atoms with Crippen molar-refractivity contribution in [2.45, 2.75) is 64.1 Å². The van der Waals surface area contributed by atoms with Crippen molar-refractivity contribution in [3.8, 4) is 0 Å². The molecule has 1 amide bonds. The zero-order valence-electron chi connectivity index (χ0n) is 24.4. The fraction of sp³-hybridized carbons (Fsp3) is 0.448. The SMILES string of the molecule is CC(C)(C)OC(=O)N1CCc2ccc(Cl)cc2C1c1cc(C(=O)c2cncnc2N[C@H]2CC[C@@H](COS(N)(=O)=O)C2)sc1Cl. The van der Waals surface area contributed by atoms with E-state index < -0.39 is 28.0 Å². The van der Waals surface area contributed by atoms with Gasteiger partial charge in [0.25, 0.3) is 0 Å². The molecule has 1 unspecified atom stereocenters. The van der Waals surface area contributed by atoms with Crippen LogP contribution in [0.25, 0.3) is 0 Å². The van der Waals surface area contributed by atoms with Gasteiger partial charge in [-0.05, 0) is 81.7 Å². The number of carbonyl (C=O) groups excluding carboxylic acids is 2. The molecular weight excluding hydrogens is 649 g/mol. The van der Waals surface area contributed by atoms with Crippen LogP contribution >= 0.6 is 34.5 Å². The van der Waals surface area contributed by atoms with Gasteiger partial charge >= 0.3 is 16.4 Å². The molecule has 1 saturated carbocycles. The van der Waals surface area contributed by atoms with E-state index in [-0.39, 0.29) is 29.9 Å². The number of amides is 1. The fourth-order valence-electron chi connectivity index (χ4n) is 5.61. The van der Waals surface area contributed by atoms with Crippen LogP contribution in [0.2, 0.25) is 9.36 Å². The highest BCUT2D eigenvalue weighted by Gasteiger charge is 2.37. The highest BCUT2D eigenvalue weighted by Crippen LogP contribution is 2.43. The van der Waals surface area contributed by atoms with Gasteiger partial charge in [0.05, 0.1) is 27.4 Å². The topological polar surface area (TPSA) is 154 Å². The molecule has 1 fully saturated rings. The summed E-state index contributed by atoms with van der Waals surface area (Å²) in [5.74, 6) is 0.0221. The molecule has 1 aliphatic heterocycles. The summed E-state index contributed by atoms with van der Waals surface area (Å²) in [6.07, 6.45) is 5.00. The van der Waals surface area contributed by atoms with E-state index in [1.165, 1.54) is 12.5 Å². The minimum Gasteiger partial charge on any atom is -0.444 e. The number of carbonyl (C=O) groups is 2. The zero-order chi connectivity index (χ0) is 31.8. The lowest BCUT2D eigenvalue weighted by Crippen LogP contribution is -2.43. The Bertz CT molecular complexity index is 1680. The van der Waals surface area contributed by atoms with Crippen molar-refractivity contribution in [1.82, 2.24) is 14.9 Å². The molecule has 0 spiro atoms. The van der Waals surface area contributed by atoms with Crippen LogP contribution in [-0.4, -0.2) is 60.0 Å². The van der Waals surface area contributed by atoms with Crippen LogP contribution < -0.4 is 10.5 Å². The number of hydrogen-bond acceptors (Lipinski definition) is 10. The molecule has 0 radical (unpaired) electrons. The van der Waals surface area contributed by atoms with Gasteiger partial charge in [0.2, 0.25) is 5.78 Å². The van der Waals surface area contributed by atoms with Crippen molar-refractivity contribution in [2.75, 3.05) is 18.5 Å². The van der Waals surface area contributed by atoms with Gasteiger partial charge < -0.3 is 10.1 Å². The third-order valence-corrected chi connectivity index (χ3v) is 9.59. The summed E-state index contributed by atoms with van der Waals surface area (Å²) >= 11 is 14.3. The molecule has 3 heterocycles. The predicted octanol–water partition coefficient (Wildman–Crippen LogP) is 5.76. The van der Waals surface area contributed by atoms with Crippen molar-refractivity contribution in [1.29, 1.82) is 0 Å². The van der Waals surface area contributed by atoms with Crippen LogP contribution in [-0.2, 0) is 25.6 Å². The lowest BCUT2D eigenvalue weighted by molar-refractivity contribution is 0.0178. The molecular formula is C29H33Cl2N5O6S2. The molecule has 236 valence electrons. The van der Waals surface area contributed by atoms with Crippen molar-refractivity contribution in [2.24, 2.45) is 11.1 Å². The number of nitrogens with zero attached hydrogens (tertiary/aromatic N) is 3. The highest BCUT2D eigenvalue weighted by molar-refractivity contribution is 7.84. The summed E-state index contributed by atoms with van der Waals surface area (Å²) in [6, 6.07) is 6.62. The Morgan fingerprint density at radius 2 is 1.95 bits per heavy atom. The summed E-state index contributed by atoms with van der Waals surface area (Å²) in [5.41, 5.74) is 2.00. The molecule has 3 atom stereocenters. The first kappa shape index (κ1) is 32.6. The number of aromatic nitrogens is 2. The van der Waals surface area contributed by atoms with Gasteiger partial charge in [-0.15, -0.1) is 11.3 Å². The summed E-state index contributed by atoms with van der Waals surface area (Å²) in [6.45, 7) is 5.82. The van der Waals surface area contributed by atoms with E-state index >= 15 is 0 Å². The van der Waals surface area contributed by atoms with Crippen molar-refractivity contribution < 1.29 is 26.9 Å². The molecule has 2 aliphatic rings.